The van der Waals surface area contributed by atoms with Crippen LogP contribution in [0.4, 0.5) is 5.69 Å². The number of amides is 1. The molecule has 4 heteroatoms. The van der Waals surface area contributed by atoms with Crippen molar-refractivity contribution in [1.82, 2.24) is 0 Å². The van der Waals surface area contributed by atoms with E-state index < -0.39 is 0 Å². The van der Waals surface area contributed by atoms with Crippen molar-refractivity contribution in [2.75, 3.05) is 11.5 Å². The second-order valence-corrected chi connectivity index (χ2v) is 6.82. The van der Waals surface area contributed by atoms with E-state index in [0.717, 1.165) is 10.5 Å². The van der Waals surface area contributed by atoms with Gasteiger partial charge in [0.1, 0.15) is 0 Å². The zero-order valence-corrected chi connectivity index (χ0v) is 14.6. The molecule has 0 radical (unpaired) electrons. The first-order valence-electron chi connectivity index (χ1n) is 8.05. The van der Waals surface area contributed by atoms with Crippen LogP contribution in [0.2, 0.25) is 0 Å². The van der Waals surface area contributed by atoms with Crippen LogP contribution in [0.5, 0.6) is 0 Å². The van der Waals surface area contributed by atoms with Gasteiger partial charge in [-0.3, -0.25) is 4.79 Å². The minimum absolute atomic E-state index is 0.111. The van der Waals surface area contributed by atoms with Crippen LogP contribution in [0.1, 0.15) is 22.6 Å². The molecule has 0 fully saturated rings. The van der Waals surface area contributed by atoms with Gasteiger partial charge in [-0.05, 0) is 28.8 Å². The maximum Gasteiger partial charge on any atom is 0.227 e. The molecule has 0 aromatic heterocycles. The van der Waals surface area contributed by atoms with E-state index in [-0.39, 0.29) is 17.6 Å². The SMILES string of the molecule is NC(=O)CSc1ccc(C(c2ccccc2)c2ccccc2)cc1N. The number of nitrogen functional groups attached to an aromatic ring is 1. The van der Waals surface area contributed by atoms with Crippen molar-refractivity contribution >= 4 is 23.4 Å². The number of carbonyl (C=O) groups is 1. The Kier molecular flexibility index (Phi) is 5.41. The van der Waals surface area contributed by atoms with Gasteiger partial charge < -0.3 is 11.5 Å². The summed E-state index contributed by atoms with van der Waals surface area (Å²) in [7, 11) is 0. The summed E-state index contributed by atoms with van der Waals surface area (Å²) in [5.74, 6) is -0.00975. The van der Waals surface area contributed by atoms with Crippen molar-refractivity contribution in [1.29, 1.82) is 0 Å². The van der Waals surface area contributed by atoms with Gasteiger partial charge in [-0.25, -0.2) is 0 Å². The highest BCUT2D eigenvalue weighted by Gasteiger charge is 2.17. The zero-order chi connectivity index (χ0) is 17.6. The fourth-order valence-corrected chi connectivity index (χ4v) is 3.58. The topological polar surface area (TPSA) is 69.1 Å². The molecule has 3 aromatic rings. The van der Waals surface area contributed by atoms with Gasteiger partial charge in [0.15, 0.2) is 0 Å². The first-order valence-corrected chi connectivity index (χ1v) is 9.04. The number of primary amides is 1. The molecule has 0 aliphatic heterocycles. The highest BCUT2D eigenvalue weighted by atomic mass is 32.2. The number of hydrogen-bond donors (Lipinski definition) is 2. The van der Waals surface area contributed by atoms with E-state index in [0.29, 0.717) is 5.69 Å². The number of benzene rings is 3. The van der Waals surface area contributed by atoms with Crippen LogP contribution in [0.3, 0.4) is 0 Å². The van der Waals surface area contributed by atoms with E-state index in [4.69, 9.17) is 11.5 Å². The van der Waals surface area contributed by atoms with E-state index in [1.54, 1.807) is 0 Å². The molecule has 0 saturated carbocycles. The molecule has 1 amide bonds. The number of hydrogen-bond acceptors (Lipinski definition) is 3. The third-order valence-electron chi connectivity index (χ3n) is 4.00. The van der Waals surface area contributed by atoms with Crippen molar-refractivity contribution < 1.29 is 4.79 Å². The minimum atomic E-state index is -0.347. The molecule has 0 aliphatic rings. The van der Waals surface area contributed by atoms with Gasteiger partial charge in [0.05, 0.1) is 5.75 Å². The van der Waals surface area contributed by atoms with E-state index in [9.17, 15) is 4.79 Å². The highest BCUT2D eigenvalue weighted by molar-refractivity contribution is 8.00. The Morgan fingerprint density at radius 1 is 0.840 bits per heavy atom. The molecule has 3 rings (SSSR count). The van der Waals surface area contributed by atoms with Gasteiger partial charge in [0.25, 0.3) is 0 Å². The number of rotatable bonds is 6. The quantitative estimate of drug-likeness (QED) is 0.401. The third-order valence-corrected chi connectivity index (χ3v) is 5.11. The van der Waals surface area contributed by atoms with Crippen LogP contribution in [0.25, 0.3) is 0 Å². The highest BCUT2D eigenvalue weighted by Crippen LogP contribution is 2.35. The summed E-state index contributed by atoms with van der Waals surface area (Å²) in [4.78, 5) is 11.9. The van der Waals surface area contributed by atoms with Crippen LogP contribution in [0.15, 0.2) is 83.8 Å². The lowest BCUT2D eigenvalue weighted by molar-refractivity contribution is -0.115. The van der Waals surface area contributed by atoms with Gasteiger partial charge in [-0.1, -0.05) is 66.7 Å². The van der Waals surface area contributed by atoms with Crippen LogP contribution in [-0.2, 0) is 4.79 Å². The van der Waals surface area contributed by atoms with Gasteiger partial charge in [-0.2, -0.15) is 0 Å². The standard InChI is InChI=1S/C21H20N2OS/c22-18-13-17(11-12-19(18)25-14-20(23)24)21(15-7-3-1-4-8-15)16-9-5-2-6-10-16/h1-13,21H,14,22H2,(H2,23,24). The molecule has 0 saturated heterocycles. The van der Waals surface area contributed by atoms with Gasteiger partial charge >= 0.3 is 0 Å². The summed E-state index contributed by atoms with van der Waals surface area (Å²) in [6, 6.07) is 26.8. The number of thioether (sulfide) groups is 1. The molecule has 4 N–H and O–H groups in total. The summed E-state index contributed by atoms with van der Waals surface area (Å²) in [6.45, 7) is 0. The molecule has 0 bridgehead atoms. The molecule has 0 spiro atoms. The molecule has 3 nitrogen and oxygen atoms in total. The van der Waals surface area contributed by atoms with Gasteiger partial charge in [0.2, 0.25) is 5.91 Å². The molecule has 126 valence electrons. The Labute approximate surface area is 152 Å². The van der Waals surface area contributed by atoms with Crippen molar-refractivity contribution in [3.8, 4) is 0 Å². The molecule has 3 aromatic carbocycles. The normalized spacial score (nSPS) is 10.8. The first kappa shape index (κ1) is 17.1. The monoisotopic (exact) mass is 348 g/mol. The summed E-state index contributed by atoms with van der Waals surface area (Å²) < 4.78 is 0. The molecule has 0 heterocycles. The Morgan fingerprint density at radius 3 is 1.88 bits per heavy atom. The Hall–Kier alpha value is -2.72. The van der Waals surface area contributed by atoms with Crippen molar-refractivity contribution in [2.45, 2.75) is 10.8 Å². The van der Waals surface area contributed by atoms with Crippen LogP contribution < -0.4 is 11.5 Å². The van der Waals surface area contributed by atoms with E-state index >= 15 is 0 Å². The molecule has 0 atom stereocenters. The minimum Gasteiger partial charge on any atom is -0.398 e. The number of anilines is 1. The fourth-order valence-electron chi connectivity index (χ4n) is 2.90. The Bertz CT molecular complexity index is 811. The third kappa shape index (κ3) is 4.22. The van der Waals surface area contributed by atoms with Crippen molar-refractivity contribution in [2.24, 2.45) is 5.73 Å². The predicted octanol–water partition coefficient (Wildman–Crippen LogP) is 4.03. The molecule has 0 unspecified atom stereocenters. The maximum atomic E-state index is 11.0. The van der Waals surface area contributed by atoms with E-state index in [1.807, 2.05) is 48.5 Å². The van der Waals surface area contributed by atoms with E-state index in [2.05, 4.69) is 30.3 Å². The average Bonchev–Trinajstić information content (AvgIpc) is 2.63. The maximum absolute atomic E-state index is 11.0. The summed E-state index contributed by atoms with van der Waals surface area (Å²) in [5.41, 5.74) is 15.7. The Balaban J connectivity index is 1.99. The second-order valence-electron chi connectivity index (χ2n) is 5.81. The van der Waals surface area contributed by atoms with Crippen LogP contribution >= 0.6 is 11.8 Å². The van der Waals surface area contributed by atoms with Crippen LogP contribution in [-0.4, -0.2) is 11.7 Å². The largest absolute Gasteiger partial charge is 0.398 e. The van der Waals surface area contributed by atoms with Crippen molar-refractivity contribution in [3.05, 3.63) is 95.6 Å². The summed E-state index contributed by atoms with van der Waals surface area (Å²) in [5, 5.41) is 0. The molecular formula is C21H20N2OS. The van der Waals surface area contributed by atoms with Crippen LogP contribution in [0, 0.1) is 0 Å². The summed E-state index contributed by atoms with van der Waals surface area (Å²) >= 11 is 1.37. The number of carbonyl (C=O) groups excluding carboxylic acids is 1. The molecule has 25 heavy (non-hydrogen) atoms. The lowest BCUT2D eigenvalue weighted by atomic mass is 9.85. The second kappa shape index (κ2) is 7.90. The smallest absolute Gasteiger partial charge is 0.227 e. The lowest BCUT2D eigenvalue weighted by Gasteiger charge is -2.20. The molecule has 0 aliphatic carbocycles. The number of nitrogens with two attached hydrogens (primary N) is 2. The predicted molar refractivity (Wildman–Crippen MR) is 105 cm³/mol. The lowest BCUT2D eigenvalue weighted by Crippen LogP contribution is -2.13. The summed E-state index contributed by atoms with van der Waals surface area (Å²) in [6.07, 6.45) is 0. The average molecular weight is 348 g/mol. The zero-order valence-electron chi connectivity index (χ0n) is 13.8. The fraction of sp³-hybridized carbons (Fsp3) is 0.0952. The Morgan fingerprint density at radius 2 is 1.40 bits per heavy atom. The van der Waals surface area contributed by atoms with Crippen molar-refractivity contribution in [3.63, 3.8) is 0 Å². The molecular weight excluding hydrogens is 328 g/mol. The van der Waals surface area contributed by atoms with Gasteiger partial charge in [-0.15, -0.1) is 11.8 Å². The van der Waals surface area contributed by atoms with E-state index in [1.165, 1.54) is 22.9 Å². The van der Waals surface area contributed by atoms with Gasteiger partial charge in [0, 0.05) is 16.5 Å². The first-order chi connectivity index (χ1) is 12.1.